The second-order valence-corrected chi connectivity index (χ2v) is 11.1. The van der Waals surface area contributed by atoms with E-state index < -0.39 is 29.9 Å². The summed E-state index contributed by atoms with van der Waals surface area (Å²) < 4.78 is 40.4. The van der Waals surface area contributed by atoms with Gasteiger partial charge in [0.05, 0.1) is 36.7 Å². The number of hydrogen-bond acceptors (Lipinski definition) is 7. The highest BCUT2D eigenvalue weighted by Gasteiger charge is 2.39. The number of nitrogens with one attached hydrogen (secondary N) is 3. The smallest absolute Gasteiger partial charge is 0.255 e. The van der Waals surface area contributed by atoms with E-state index in [0.29, 0.717) is 44.3 Å². The van der Waals surface area contributed by atoms with Gasteiger partial charge in [-0.05, 0) is 49.1 Å². The molecule has 0 radical (unpaired) electrons. The Bertz CT molecular complexity index is 1440. The summed E-state index contributed by atoms with van der Waals surface area (Å²) in [5.41, 5.74) is 1.72. The van der Waals surface area contributed by atoms with E-state index in [-0.39, 0.29) is 54.0 Å². The maximum absolute atomic E-state index is 14.6. The third-order valence-corrected chi connectivity index (χ3v) is 8.19. The number of benzene rings is 2. The van der Waals surface area contributed by atoms with Crippen LogP contribution in [0.25, 0.3) is 11.1 Å². The van der Waals surface area contributed by atoms with Gasteiger partial charge in [-0.25, -0.2) is 13.8 Å². The molecule has 0 unspecified atom stereocenters. The first-order valence-electron chi connectivity index (χ1n) is 14.2. The fourth-order valence-corrected chi connectivity index (χ4v) is 5.99. The zero-order chi connectivity index (χ0) is 29.2. The number of aliphatic hydroxyl groups is 1. The van der Waals surface area contributed by atoms with Crippen LogP contribution >= 0.6 is 0 Å². The Hall–Kier alpha value is -3.87. The molecule has 2 fully saturated rings. The largest absolute Gasteiger partial charge is 0.493 e. The van der Waals surface area contributed by atoms with Crippen LogP contribution in [-0.2, 0) is 16.1 Å². The van der Waals surface area contributed by atoms with E-state index in [1.54, 1.807) is 30.7 Å². The maximum Gasteiger partial charge on any atom is 0.255 e. The zero-order valence-corrected chi connectivity index (χ0v) is 22.9. The molecule has 3 aliphatic heterocycles. The van der Waals surface area contributed by atoms with E-state index >= 15 is 0 Å². The van der Waals surface area contributed by atoms with Crippen molar-refractivity contribution in [3.8, 4) is 16.9 Å². The van der Waals surface area contributed by atoms with Gasteiger partial charge < -0.3 is 30.2 Å². The molecule has 1 aromatic heterocycles. The third-order valence-electron chi connectivity index (χ3n) is 8.19. The first-order valence-corrected chi connectivity index (χ1v) is 14.2. The number of amides is 2. The molecule has 5 atom stereocenters. The summed E-state index contributed by atoms with van der Waals surface area (Å²) in [7, 11) is 0. The molecule has 0 spiro atoms. The molecular formula is C30H33F2N5O5. The van der Waals surface area contributed by atoms with Crippen molar-refractivity contribution in [3.63, 3.8) is 0 Å². The number of carbonyl (C=O) groups is 2. The van der Waals surface area contributed by atoms with Crippen molar-refractivity contribution in [2.75, 3.05) is 19.7 Å². The van der Waals surface area contributed by atoms with Crippen molar-refractivity contribution in [1.82, 2.24) is 25.5 Å². The number of rotatable bonds is 3. The summed E-state index contributed by atoms with van der Waals surface area (Å²) in [6.45, 7) is 1.22. The fourth-order valence-electron chi connectivity index (χ4n) is 5.99. The van der Waals surface area contributed by atoms with Gasteiger partial charge in [0.25, 0.3) is 5.91 Å². The van der Waals surface area contributed by atoms with Gasteiger partial charge in [0.1, 0.15) is 23.5 Å². The van der Waals surface area contributed by atoms with Crippen molar-refractivity contribution in [2.24, 2.45) is 0 Å². The van der Waals surface area contributed by atoms with Gasteiger partial charge in [-0.3, -0.25) is 14.5 Å². The van der Waals surface area contributed by atoms with Crippen molar-refractivity contribution in [3.05, 3.63) is 71.8 Å². The quantitative estimate of drug-likeness (QED) is 0.374. The van der Waals surface area contributed by atoms with Crippen LogP contribution in [0.4, 0.5) is 8.78 Å². The normalized spacial score (nSPS) is 27.1. The van der Waals surface area contributed by atoms with Gasteiger partial charge in [0.15, 0.2) is 0 Å². The van der Waals surface area contributed by atoms with E-state index in [4.69, 9.17) is 9.47 Å². The lowest BCUT2D eigenvalue weighted by molar-refractivity contribution is -0.133. The predicted octanol–water partition coefficient (Wildman–Crippen LogP) is 2.54. The lowest BCUT2D eigenvalue weighted by Gasteiger charge is -2.34. The molecule has 4 heterocycles. The van der Waals surface area contributed by atoms with Crippen molar-refractivity contribution >= 4 is 11.8 Å². The number of aromatic nitrogens is 2. The molecule has 6 rings (SSSR count). The Morgan fingerprint density at radius 1 is 1.07 bits per heavy atom. The molecule has 0 saturated carbocycles. The lowest BCUT2D eigenvalue weighted by Crippen LogP contribution is -2.50. The van der Waals surface area contributed by atoms with Crippen LogP contribution < -0.4 is 15.4 Å². The second-order valence-electron chi connectivity index (χ2n) is 11.1. The minimum atomic E-state index is -0.722. The number of H-pyrrole nitrogens is 1. The summed E-state index contributed by atoms with van der Waals surface area (Å²) in [4.78, 5) is 36.0. The second kappa shape index (κ2) is 12.2. The predicted molar refractivity (Wildman–Crippen MR) is 147 cm³/mol. The molecule has 12 heteroatoms. The Morgan fingerprint density at radius 2 is 1.93 bits per heavy atom. The molecule has 222 valence electrons. The van der Waals surface area contributed by atoms with Crippen LogP contribution in [0.15, 0.2) is 48.9 Å². The zero-order valence-electron chi connectivity index (χ0n) is 22.9. The highest BCUT2D eigenvalue weighted by molar-refractivity contribution is 5.98. The van der Waals surface area contributed by atoms with Crippen LogP contribution in [0, 0.1) is 11.6 Å². The van der Waals surface area contributed by atoms with E-state index in [9.17, 15) is 23.5 Å². The number of hydrogen-bond donors (Lipinski definition) is 4. The minimum Gasteiger partial charge on any atom is -0.493 e. The molecule has 4 N–H and O–H groups in total. The maximum atomic E-state index is 14.6. The minimum absolute atomic E-state index is 0.165. The summed E-state index contributed by atoms with van der Waals surface area (Å²) in [5.74, 6) is -1.73. The molecule has 4 bridgehead atoms. The number of fused-ring (bicyclic) bond motifs is 5. The molecule has 0 aliphatic carbocycles. The fraction of sp³-hybridized carbons (Fsp3) is 0.433. The van der Waals surface area contributed by atoms with Crippen LogP contribution in [0.1, 0.15) is 41.7 Å². The number of likely N-dealkylation sites (tertiary alicyclic amines) is 1. The van der Waals surface area contributed by atoms with Crippen LogP contribution in [-0.4, -0.2) is 81.9 Å². The lowest BCUT2D eigenvalue weighted by atomic mass is 9.99. The number of aliphatic hydroxyl groups excluding tert-OH is 1. The van der Waals surface area contributed by atoms with E-state index in [2.05, 4.69) is 20.6 Å². The molecule has 2 aromatic carbocycles. The first-order chi connectivity index (χ1) is 20.3. The Balaban J connectivity index is 1.30. The highest BCUT2D eigenvalue weighted by atomic mass is 19.1. The molecule has 2 amide bonds. The summed E-state index contributed by atoms with van der Waals surface area (Å²) in [6.07, 6.45) is 3.78. The van der Waals surface area contributed by atoms with Gasteiger partial charge >= 0.3 is 0 Å². The van der Waals surface area contributed by atoms with Crippen LogP contribution in [0.5, 0.6) is 5.75 Å². The molecule has 3 aliphatic rings. The van der Waals surface area contributed by atoms with Gasteiger partial charge in [-0.2, -0.15) is 0 Å². The van der Waals surface area contributed by atoms with Crippen LogP contribution in [0.2, 0.25) is 0 Å². The number of halogens is 2. The first kappa shape index (κ1) is 28.3. The van der Waals surface area contributed by atoms with Gasteiger partial charge in [-0.1, -0.05) is 6.07 Å². The Labute approximate surface area is 241 Å². The number of imidazole rings is 1. The summed E-state index contributed by atoms with van der Waals surface area (Å²) in [6, 6.07) is 7.22. The number of ether oxygens (including phenoxy) is 2. The summed E-state index contributed by atoms with van der Waals surface area (Å²) >= 11 is 0. The molecule has 42 heavy (non-hydrogen) atoms. The van der Waals surface area contributed by atoms with Crippen molar-refractivity contribution in [1.29, 1.82) is 0 Å². The third kappa shape index (κ3) is 6.15. The topological polar surface area (TPSA) is 129 Å². The van der Waals surface area contributed by atoms with Crippen molar-refractivity contribution < 1.29 is 33.0 Å². The average molecular weight is 582 g/mol. The van der Waals surface area contributed by atoms with E-state index in [0.717, 1.165) is 11.8 Å². The SMILES string of the molecule is O=C1N[C@H]2C[C@@H](C(=O)NC[C@H]3O[C@H](CCOc4cc(-c5ccc(F)cc5F)ccc41)CC[C@@H]3O)N(Cc1cnc[nH]1)C2. The van der Waals surface area contributed by atoms with Gasteiger partial charge in [0, 0.05) is 55.6 Å². The Kier molecular flexibility index (Phi) is 8.18. The highest BCUT2D eigenvalue weighted by Crippen LogP contribution is 2.31. The summed E-state index contributed by atoms with van der Waals surface area (Å²) in [5, 5.41) is 16.6. The average Bonchev–Trinajstić information content (AvgIpc) is 3.62. The van der Waals surface area contributed by atoms with E-state index in [1.165, 1.54) is 12.1 Å². The molecular weight excluding hydrogens is 548 g/mol. The monoisotopic (exact) mass is 581 g/mol. The molecule has 10 nitrogen and oxygen atoms in total. The Morgan fingerprint density at radius 3 is 2.74 bits per heavy atom. The van der Waals surface area contributed by atoms with Crippen LogP contribution in [0.3, 0.4) is 0 Å². The number of aromatic amines is 1. The number of nitrogens with zero attached hydrogens (tertiary/aromatic N) is 2. The van der Waals surface area contributed by atoms with Crippen molar-refractivity contribution in [2.45, 2.75) is 62.6 Å². The molecule has 2 saturated heterocycles. The van der Waals surface area contributed by atoms with Gasteiger partial charge in [0.2, 0.25) is 5.91 Å². The number of carbonyl (C=O) groups excluding carboxylic acids is 2. The standard InChI is InChI=1S/C30H33F2N5O5/c31-18-2-5-22(24(32)10-18)17-1-4-23-27(9-17)41-8-7-21-3-6-26(38)28(42-21)13-34-30(40)25-11-19(36-29(23)39)14-37(25)15-20-12-33-16-35-20/h1-2,4-5,9-10,12,16,19,21,25-26,28,38H,3,6-8,11,13-15H2,(H,33,35)(H,34,40)(H,36,39)/t19-,21-,25-,26-,28+/m0/s1. The molecule has 3 aromatic rings. The van der Waals surface area contributed by atoms with E-state index in [1.807, 2.05) is 4.90 Å². The van der Waals surface area contributed by atoms with Gasteiger partial charge in [-0.15, -0.1) is 0 Å².